The lowest BCUT2D eigenvalue weighted by Crippen LogP contribution is -1.99. The number of benzene rings is 10. The van der Waals surface area contributed by atoms with Crippen molar-refractivity contribution in [2.24, 2.45) is 0 Å². The van der Waals surface area contributed by atoms with Gasteiger partial charge in [0, 0.05) is 63.9 Å². The molecule has 4 aromatic heterocycles. The first-order valence-electron chi connectivity index (χ1n) is 21.4. The van der Waals surface area contributed by atoms with Gasteiger partial charge in [-0.15, -0.1) is 11.3 Å². The van der Waals surface area contributed by atoms with Crippen molar-refractivity contribution in [1.29, 1.82) is 0 Å². The molecule has 5 heteroatoms. The molecule has 0 aliphatic heterocycles. The molecular weight excluding hydrogens is 785 g/mol. The molecule has 4 nitrogen and oxygen atoms in total. The van der Waals surface area contributed by atoms with Gasteiger partial charge in [0.2, 0.25) is 0 Å². The summed E-state index contributed by atoms with van der Waals surface area (Å²) in [5.41, 5.74) is 12.6. The number of hydrogen-bond donors (Lipinski definition) is 0. The molecule has 4 heterocycles. The first-order chi connectivity index (χ1) is 31.2. The molecule has 14 aromatic rings. The molecule has 0 unspecified atom stereocenters. The van der Waals surface area contributed by atoms with Crippen LogP contribution in [0.15, 0.2) is 206 Å². The van der Waals surface area contributed by atoms with Crippen LogP contribution >= 0.6 is 11.3 Å². The van der Waals surface area contributed by atoms with Crippen LogP contribution in [0.1, 0.15) is 0 Å². The van der Waals surface area contributed by atoms with Crippen LogP contribution in [0, 0.1) is 0 Å². The number of para-hydroxylation sites is 4. The Kier molecular flexibility index (Phi) is 7.24. The van der Waals surface area contributed by atoms with Crippen molar-refractivity contribution in [3.8, 4) is 33.9 Å². The zero-order valence-electron chi connectivity index (χ0n) is 33.8. The Labute approximate surface area is 365 Å². The van der Waals surface area contributed by atoms with Crippen molar-refractivity contribution in [3.05, 3.63) is 206 Å². The molecule has 0 fully saturated rings. The monoisotopic (exact) mass is 818 g/mol. The Morgan fingerprint density at radius 3 is 1.67 bits per heavy atom. The first kappa shape index (κ1) is 34.6. The van der Waals surface area contributed by atoms with Gasteiger partial charge >= 0.3 is 0 Å². The molecule has 0 bridgehead atoms. The van der Waals surface area contributed by atoms with Gasteiger partial charge in [0.15, 0.2) is 0 Å². The van der Waals surface area contributed by atoms with Crippen LogP contribution in [-0.2, 0) is 0 Å². The molecule has 63 heavy (non-hydrogen) atoms. The van der Waals surface area contributed by atoms with E-state index in [-0.39, 0.29) is 0 Å². The third-order valence-corrected chi connectivity index (χ3v) is 14.2. The molecule has 10 aromatic carbocycles. The fourth-order valence-electron chi connectivity index (χ4n) is 10.2. The van der Waals surface area contributed by atoms with Gasteiger partial charge in [0.1, 0.15) is 0 Å². The van der Waals surface area contributed by atoms with E-state index in [9.17, 15) is 0 Å². The van der Waals surface area contributed by atoms with E-state index in [1.165, 1.54) is 80.0 Å². The molecule has 0 saturated heterocycles. The molecule has 0 aliphatic carbocycles. The van der Waals surface area contributed by atoms with Crippen LogP contribution in [0.3, 0.4) is 0 Å². The van der Waals surface area contributed by atoms with Crippen molar-refractivity contribution in [3.63, 3.8) is 0 Å². The van der Waals surface area contributed by atoms with Crippen LogP contribution in [0.2, 0.25) is 0 Å². The van der Waals surface area contributed by atoms with E-state index in [0.717, 1.165) is 50.3 Å². The van der Waals surface area contributed by atoms with E-state index in [4.69, 9.17) is 9.97 Å². The molecule has 0 atom stereocenters. The Morgan fingerprint density at radius 2 is 0.889 bits per heavy atom. The molecule has 0 spiro atoms. The van der Waals surface area contributed by atoms with E-state index < -0.39 is 0 Å². The maximum atomic E-state index is 5.32. The number of fused-ring (bicyclic) bond motifs is 12. The van der Waals surface area contributed by atoms with Crippen LogP contribution in [0.25, 0.3) is 130 Å². The molecular formula is C58H34N4S. The predicted octanol–water partition coefficient (Wildman–Crippen LogP) is 15.8. The zero-order valence-corrected chi connectivity index (χ0v) is 34.6. The molecule has 0 amide bonds. The predicted molar refractivity (Wildman–Crippen MR) is 267 cm³/mol. The summed E-state index contributed by atoms with van der Waals surface area (Å²) in [4.78, 5) is 10.6. The van der Waals surface area contributed by atoms with E-state index >= 15 is 0 Å². The average molecular weight is 819 g/mol. The largest absolute Gasteiger partial charge is 0.309 e. The maximum Gasteiger partial charge on any atom is 0.0973 e. The van der Waals surface area contributed by atoms with E-state index in [0.29, 0.717) is 0 Å². The van der Waals surface area contributed by atoms with Crippen LogP contribution in [0.5, 0.6) is 0 Å². The number of rotatable bonds is 4. The first-order valence-corrected chi connectivity index (χ1v) is 22.2. The molecule has 14 rings (SSSR count). The van der Waals surface area contributed by atoms with Crippen LogP contribution < -0.4 is 0 Å². The highest BCUT2D eigenvalue weighted by Crippen LogP contribution is 2.45. The zero-order chi connectivity index (χ0) is 41.2. The van der Waals surface area contributed by atoms with Crippen molar-refractivity contribution >= 4 is 108 Å². The van der Waals surface area contributed by atoms with Gasteiger partial charge in [0.05, 0.1) is 50.2 Å². The normalized spacial score (nSPS) is 12.1. The smallest absolute Gasteiger partial charge is 0.0973 e. The maximum absolute atomic E-state index is 5.32. The number of aromatic nitrogens is 4. The van der Waals surface area contributed by atoms with E-state index in [2.05, 4.69) is 203 Å². The van der Waals surface area contributed by atoms with Crippen LogP contribution in [-0.4, -0.2) is 19.1 Å². The third-order valence-electron chi connectivity index (χ3n) is 13.0. The lowest BCUT2D eigenvalue weighted by molar-refractivity contribution is 1.17. The van der Waals surface area contributed by atoms with Crippen molar-refractivity contribution in [1.82, 2.24) is 19.1 Å². The van der Waals surface area contributed by atoms with Gasteiger partial charge in [0.25, 0.3) is 0 Å². The summed E-state index contributed by atoms with van der Waals surface area (Å²) in [6, 6.07) is 74.9. The SMILES string of the molecule is c1ccc2cc3c(cc2c1)c1ccccc1n3-c1c2ccccc2cc2c1c1ccccc1n2-c1ccc(-c2nc3ccccc3nc2-c2ccc3sc4ccccc4c3c2)cc1. The average Bonchev–Trinajstić information content (AvgIpc) is 3.99. The summed E-state index contributed by atoms with van der Waals surface area (Å²) >= 11 is 1.83. The Bertz CT molecular complexity index is 4210. The highest BCUT2D eigenvalue weighted by atomic mass is 32.1. The lowest BCUT2D eigenvalue weighted by atomic mass is 10.0. The Hall–Kier alpha value is -8.12. The summed E-state index contributed by atoms with van der Waals surface area (Å²) in [6.45, 7) is 0. The van der Waals surface area contributed by atoms with Gasteiger partial charge in [-0.3, -0.25) is 0 Å². The summed E-state index contributed by atoms with van der Waals surface area (Å²) in [5.74, 6) is 0. The van der Waals surface area contributed by atoms with Crippen molar-refractivity contribution in [2.75, 3.05) is 0 Å². The van der Waals surface area contributed by atoms with E-state index in [1.54, 1.807) is 0 Å². The topological polar surface area (TPSA) is 35.6 Å². The van der Waals surface area contributed by atoms with Crippen molar-refractivity contribution < 1.29 is 0 Å². The summed E-state index contributed by atoms with van der Waals surface area (Å²) in [6.07, 6.45) is 0. The summed E-state index contributed by atoms with van der Waals surface area (Å²) < 4.78 is 7.53. The number of thiophene rings is 1. The molecule has 292 valence electrons. The fourth-order valence-corrected chi connectivity index (χ4v) is 11.3. The highest BCUT2D eigenvalue weighted by Gasteiger charge is 2.23. The highest BCUT2D eigenvalue weighted by molar-refractivity contribution is 7.25. The second-order valence-electron chi connectivity index (χ2n) is 16.5. The molecule has 0 aliphatic rings. The van der Waals surface area contributed by atoms with Gasteiger partial charge < -0.3 is 9.13 Å². The minimum absolute atomic E-state index is 0.869. The third kappa shape index (κ3) is 5.08. The quantitative estimate of drug-likeness (QED) is 0.177. The summed E-state index contributed by atoms with van der Waals surface area (Å²) in [7, 11) is 0. The second kappa shape index (κ2) is 13.2. The second-order valence-corrected chi connectivity index (χ2v) is 17.6. The van der Waals surface area contributed by atoms with Gasteiger partial charge in [-0.2, -0.15) is 0 Å². The molecule has 0 radical (unpaired) electrons. The molecule has 0 saturated carbocycles. The summed E-state index contributed by atoms with van der Waals surface area (Å²) in [5, 5.41) is 12.3. The number of nitrogens with zero attached hydrogens (tertiary/aromatic N) is 4. The van der Waals surface area contributed by atoms with Crippen molar-refractivity contribution in [2.45, 2.75) is 0 Å². The van der Waals surface area contributed by atoms with Gasteiger partial charge in [-0.1, -0.05) is 133 Å². The Balaban J connectivity index is 1.01. The lowest BCUT2D eigenvalue weighted by Gasteiger charge is -2.16. The van der Waals surface area contributed by atoms with Gasteiger partial charge in [-0.05, 0) is 89.0 Å². The minimum atomic E-state index is 0.869. The fraction of sp³-hybridized carbons (Fsp3) is 0. The number of hydrogen-bond acceptors (Lipinski definition) is 3. The minimum Gasteiger partial charge on any atom is -0.309 e. The molecule has 0 N–H and O–H groups in total. The van der Waals surface area contributed by atoms with Gasteiger partial charge in [-0.25, -0.2) is 9.97 Å². The van der Waals surface area contributed by atoms with Crippen LogP contribution in [0.4, 0.5) is 0 Å². The Morgan fingerprint density at radius 1 is 0.333 bits per heavy atom. The van der Waals surface area contributed by atoms with E-state index in [1.807, 2.05) is 23.5 Å². The standard InChI is InChI=1S/C58H34N4S/c1-2-14-37-33-51-45(31-36(37)13-1)42-17-5-10-22-49(42)62(51)58-41-16-4-3-15-38(41)34-52-55(58)44-19-6-11-23-50(44)61(52)40-28-25-35(26-29-40)56-57(60-48-21-9-8-20-47(48)59-56)39-27-30-54-46(32-39)43-18-7-12-24-53(43)63-54/h1-34H.